The molecule has 2 rings (SSSR count). The van der Waals surface area contributed by atoms with Crippen LogP contribution in [-0.4, -0.2) is 28.8 Å². The van der Waals surface area contributed by atoms with E-state index in [2.05, 4.69) is 10.5 Å². The first-order chi connectivity index (χ1) is 9.20. The highest BCUT2D eigenvalue weighted by Crippen LogP contribution is 2.17. The van der Waals surface area contributed by atoms with Crippen LogP contribution in [0.15, 0.2) is 28.8 Å². The Kier molecular flexibility index (Phi) is 4.52. The van der Waals surface area contributed by atoms with E-state index in [0.717, 1.165) is 5.39 Å². The van der Waals surface area contributed by atoms with Crippen LogP contribution in [0.1, 0.15) is 25.5 Å². The fourth-order valence-corrected chi connectivity index (χ4v) is 1.86. The molecule has 5 nitrogen and oxygen atoms in total. The molecule has 0 aliphatic carbocycles. The van der Waals surface area contributed by atoms with Crippen LogP contribution in [0.4, 0.5) is 0 Å². The summed E-state index contributed by atoms with van der Waals surface area (Å²) < 4.78 is 5.14. The normalized spacial score (nSPS) is 12.5. The van der Waals surface area contributed by atoms with E-state index >= 15 is 0 Å². The molecule has 1 unspecified atom stereocenters. The Morgan fingerprint density at radius 2 is 2.26 bits per heavy atom. The lowest BCUT2D eigenvalue weighted by Gasteiger charge is -2.08. The van der Waals surface area contributed by atoms with Crippen molar-refractivity contribution < 1.29 is 14.4 Å². The zero-order chi connectivity index (χ0) is 13.7. The Labute approximate surface area is 111 Å². The number of nitrogens with one attached hydrogen (secondary N) is 1. The molecule has 1 amide bonds. The Morgan fingerprint density at radius 1 is 1.47 bits per heavy atom. The quantitative estimate of drug-likeness (QED) is 0.830. The van der Waals surface area contributed by atoms with Gasteiger partial charge in [0.2, 0.25) is 5.91 Å². The number of fused-ring (bicyclic) bond motifs is 1. The molecule has 0 spiro atoms. The van der Waals surface area contributed by atoms with E-state index in [1.807, 2.05) is 31.2 Å². The van der Waals surface area contributed by atoms with E-state index in [1.165, 1.54) is 0 Å². The molecule has 19 heavy (non-hydrogen) atoms. The number of rotatable bonds is 6. The average Bonchev–Trinajstić information content (AvgIpc) is 2.82. The summed E-state index contributed by atoms with van der Waals surface area (Å²) in [5, 5.41) is 16.9. The minimum absolute atomic E-state index is 0.109. The number of benzene rings is 1. The first kappa shape index (κ1) is 13.5. The van der Waals surface area contributed by atoms with E-state index in [4.69, 9.17) is 4.52 Å². The van der Waals surface area contributed by atoms with Crippen molar-refractivity contribution in [2.24, 2.45) is 0 Å². The van der Waals surface area contributed by atoms with E-state index in [-0.39, 0.29) is 18.4 Å². The number of carbonyl (C=O) groups is 1. The second-order valence-corrected chi connectivity index (χ2v) is 4.50. The third kappa shape index (κ3) is 3.54. The van der Waals surface area contributed by atoms with Crippen LogP contribution in [0, 0.1) is 0 Å². The number of hydrogen-bond acceptors (Lipinski definition) is 4. The number of aliphatic hydroxyl groups excluding tert-OH is 1. The Morgan fingerprint density at radius 3 is 3.05 bits per heavy atom. The number of para-hydroxylation sites is 1. The fourth-order valence-electron chi connectivity index (χ4n) is 1.86. The van der Waals surface area contributed by atoms with Gasteiger partial charge in [-0.1, -0.05) is 24.2 Å². The second-order valence-electron chi connectivity index (χ2n) is 4.50. The SMILES string of the molecule is CCC(O)CCNC(=O)Cc1noc2ccccc12. The second kappa shape index (κ2) is 6.33. The molecule has 1 aromatic carbocycles. The monoisotopic (exact) mass is 262 g/mol. The first-order valence-electron chi connectivity index (χ1n) is 6.48. The fraction of sp³-hybridized carbons (Fsp3) is 0.429. The summed E-state index contributed by atoms with van der Waals surface area (Å²) in [4.78, 5) is 11.7. The number of aromatic nitrogens is 1. The molecule has 0 radical (unpaired) electrons. The van der Waals surface area contributed by atoms with Crippen molar-refractivity contribution >= 4 is 16.9 Å². The minimum Gasteiger partial charge on any atom is -0.393 e. The predicted octanol–water partition coefficient (Wildman–Crippen LogP) is 1.65. The van der Waals surface area contributed by atoms with Crippen molar-refractivity contribution in [3.63, 3.8) is 0 Å². The molecular weight excluding hydrogens is 244 g/mol. The zero-order valence-electron chi connectivity index (χ0n) is 10.9. The van der Waals surface area contributed by atoms with Crippen molar-refractivity contribution in [3.8, 4) is 0 Å². The van der Waals surface area contributed by atoms with Gasteiger partial charge >= 0.3 is 0 Å². The third-order valence-corrected chi connectivity index (χ3v) is 3.05. The van der Waals surface area contributed by atoms with Gasteiger partial charge in [-0.05, 0) is 25.0 Å². The van der Waals surface area contributed by atoms with Gasteiger partial charge in [-0.3, -0.25) is 4.79 Å². The predicted molar refractivity (Wildman–Crippen MR) is 71.6 cm³/mol. The van der Waals surface area contributed by atoms with E-state index in [0.29, 0.717) is 30.7 Å². The molecule has 0 saturated carbocycles. The number of hydrogen-bond donors (Lipinski definition) is 2. The lowest BCUT2D eigenvalue weighted by Crippen LogP contribution is -2.28. The lowest BCUT2D eigenvalue weighted by atomic mass is 10.1. The molecule has 0 fully saturated rings. The standard InChI is InChI=1S/C14H18N2O3/c1-2-10(17)7-8-15-14(18)9-12-11-5-3-4-6-13(11)19-16-12/h3-6,10,17H,2,7-9H2,1H3,(H,15,18). The van der Waals surface area contributed by atoms with Gasteiger partial charge in [-0.2, -0.15) is 0 Å². The van der Waals surface area contributed by atoms with Gasteiger partial charge in [0.1, 0.15) is 5.69 Å². The van der Waals surface area contributed by atoms with Crippen LogP contribution in [0.25, 0.3) is 11.0 Å². The van der Waals surface area contributed by atoms with E-state index < -0.39 is 0 Å². The highest BCUT2D eigenvalue weighted by Gasteiger charge is 2.11. The molecular formula is C14H18N2O3. The summed E-state index contributed by atoms with van der Waals surface area (Å²) in [7, 11) is 0. The summed E-state index contributed by atoms with van der Waals surface area (Å²) in [6.45, 7) is 2.39. The summed E-state index contributed by atoms with van der Waals surface area (Å²) in [6, 6.07) is 7.46. The third-order valence-electron chi connectivity index (χ3n) is 3.05. The van der Waals surface area contributed by atoms with Crippen LogP contribution in [-0.2, 0) is 11.2 Å². The number of amides is 1. The molecule has 1 atom stereocenters. The average molecular weight is 262 g/mol. The van der Waals surface area contributed by atoms with Crippen LogP contribution in [0.3, 0.4) is 0 Å². The van der Waals surface area contributed by atoms with Crippen LogP contribution < -0.4 is 5.32 Å². The topological polar surface area (TPSA) is 75.4 Å². The smallest absolute Gasteiger partial charge is 0.226 e. The van der Waals surface area contributed by atoms with E-state index in [9.17, 15) is 9.90 Å². The van der Waals surface area contributed by atoms with Gasteiger partial charge in [0.25, 0.3) is 0 Å². The van der Waals surface area contributed by atoms with E-state index in [1.54, 1.807) is 0 Å². The molecule has 0 bridgehead atoms. The van der Waals surface area contributed by atoms with Gasteiger partial charge in [0.15, 0.2) is 5.58 Å². The van der Waals surface area contributed by atoms with Gasteiger partial charge in [-0.25, -0.2) is 0 Å². The maximum Gasteiger partial charge on any atom is 0.226 e. The van der Waals surface area contributed by atoms with Crippen molar-refractivity contribution in [1.29, 1.82) is 0 Å². The highest BCUT2D eigenvalue weighted by molar-refractivity contribution is 5.86. The molecule has 0 aliphatic rings. The molecule has 1 aromatic heterocycles. The van der Waals surface area contributed by atoms with Gasteiger partial charge in [0, 0.05) is 11.9 Å². The largest absolute Gasteiger partial charge is 0.393 e. The maximum atomic E-state index is 11.7. The molecule has 2 aromatic rings. The van der Waals surface area contributed by atoms with Crippen molar-refractivity contribution in [2.45, 2.75) is 32.3 Å². The zero-order valence-corrected chi connectivity index (χ0v) is 10.9. The summed E-state index contributed by atoms with van der Waals surface area (Å²) in [5.74, 6) is -0.109. The van der Waals surface area contributed by atoms with Crippen LogP contribution in [0.5, 0.6) is 0 Å². The first-order valence-corrected chi connectivity index (χ1v) is 6.48. The molecule has 102 valence electrons. The number of nitrogens with zero attached hydrogens (tertiary/aromatic N) is 1. The molecule has 1 heterocycles. The Balaban J connectivity index is 1.88. The van der Waals surface area contributed by atoms with Crippen LogP contribution >= 0.6 is 0 Å². The maximum absolute atomic E-state index is 11.7. The molecule has 2 N–H and O–H groups in total. The Hall–Kier alpha value is -1.88. The number of carbonyl (C=O) groups excluding carboxylic acids is 1. The summed E-state index contributed by atoms with van der Waals surface area (Å²) >= 11 is 0. The molecule has 0 saturated heterocycles. The van der Waals surface area contributed by atoms with Crippen molar-refractivity contribution in [1.82, 2.24) is 10.5 Å². The molecule has 5 heteroatoms. The van der Waals surface area contributed by atoms with Crippen molar-refractivity contribution in [2.75, 3.05) is 6.54 Å². The number of aliphatic hydroxyl groups is 1. The summed E-state index contributed by atoms with van der Waals surface area (Å²) in [6.07, 6.45) is 1.11. The highest BCUT2D eigenvalue weighted by atomic mass is 16.5. The van der Waals surface area contributed by atoms with Crippen LogP contribution in [0.2, 0.25) is 0 Å². The summed E-state index contributed by atoms with van der Waals surface area (Å²) in [5.41, 5.74) is 1.33. The Bertz CT molecular complexity index is 550. The van der Waals surface area contributed by atoms with Gasteiger partial charge in [0.05, 0.1) is 12.5 Å². The minimum atomic E-state index is -0.354. The van der Waals surface area contributed by atoms with Gasteiger partial charge in [-0.15, -0.1) is 0 Å². The van der Waals surface area contributed by atoms with Crippen molar-refractivity contribution in [3.05, 3.63) is 30.0 Å². The lowest BCUT2D eigenvalue weighted by molar-refractivity contribution is -0.120. The van der Waals surface area contributed by atoms with Gasteiger partial charge < -0.3 is 14.9 Å². The molecule has 0 aliphatic heterocycles.